The lowest BCUT2D eigenvalue weighted by atomic mass is 10.0. The van der Waals surface area contributed by atoms with Crippen LogP contribution in [-0.2, 0) is 33.2 Å². The van der Waals surface area contributed by atoms with E-state index in [1.807, 2.05) is 12.1 Å². The van der Waals surface area contributed by atoms with Crippen molar-refractivity contribution in [1.29, 1.82) is 0 Å². The Bertz CT molecular complexity index is 1730. The van der Waals surface area contributed by atoms with E-state index in [1.165, 1.54) is 12.1 Å². The molecule has 0 bridgehead atoms. The number of carbonyl (C=O) groups is 3. The smallest absolute Gasteiger partial charge is 0.407 e. The zero-order valence-electron chi connectivity index (χ0n) is 23.2. The number of amides is 3. The maximum absolute atomic E-state index is 12.5. The number of nitrogens with zero attached hydrogens (tertiary/aromatic N) is 3. The van der Waals surface area contributed by atoms with Crippen molar-refractivity contribution in [2.75, 3.05) is 10.3 Å². The number of ether oxygens (including phenoxy) is 1. The van der Waals surface area contributed by atoms with Crippen LogP contribution in [0.15, 0.2) is 108 Å². The number of carbonyl (C=O) groups excluding carboxylic acids is 2. The summed E-state index contributed by atoms with van der Waals surface area (Å²) in [6, 6.07) is 23.6. The minimum absolute atomic E-state index is 0.0136. The van der Waals surface area contributed by atoms with Crippen LogP contribution in [0.3, 0.4) is 0 Å². The molecule has 4 rings (SSSR count). The van der Waals surface area contributed by atoms with Gasteiger partial charge in [0.15, 0.2) is 0 Å². The van der Waals surface area contributed by atoms with Crippen molar-refractivity contribution in [2.24, 2.45) is 4.47 Å². The fourth-order valence-corrected chi connectivity index (χ4v) is 4.41. The quantitative estimate of drug-likeness (QED) is 0.160. The van der Waals surface area contributed by atoms with Gasteiger partial charge in [-0.2, -0.15) is 8.42 Å². The number of pyridine rings is 1. The molecule has 0 saturated heterocycles. The second kappa shape index (κ2) is 15.5. The summed E-state index contributed by atoms with van der Waals surface area (Å²) < 4.78 is 32.3. The van der Waals surface area contributed by atoms with Gasteiger partial charge in [-0.1, -0.05) is 54.6 Å². The van der Waals surface area contributed by atoms with Gasteiger partial charge in [0.25, 0.3) is 0 Å². The SMILES string of the molecule is O=C(O)CC(NC(=O)OCc1ccccc1)c1cccc(N(N=S(=O)=O)c2cccc(NC(=O)NCc3cccnc3)c2)c1. The van der Waals surface area contributed by atoms with E-state index in [0.29, 0.717) is 11.3 Å². The minimum atomic E-state index is -2.88. The first-order chi connectivity index (χ1) is 21.3. The summed E-state index contributed by atoms with van der Waals surface area (Å²) >= 11 is 0. The number of aromatic nitrogens is 1. The van der Waals surface area contributed by atoms with Crippen LogP contribution in [0, 0.1) is 0 Å². The Hall–Kier alpha value is -5.76. The summed E-state index contributed by atoms with van der Waals surface area (Å²) in [6.07, 6.45) is 1.96. The lowest BCUT2D eigenvalue weighted by Gasteiger charge is -2.21. The predicted octanol–water partition coefficient (Wildman–Crippen LogP) is 4.96. The molecule has 1 unspecified atom stereocenters. The third-order valence-electron chi connectivity index (χ3n) is 6.07. The Labute approximate surface area is 254 Å². The monoisotopic (exact) mass is 616 g/mol. The van der Waals surface area contributed by atoms with Gasteiger partial charge in [0, 0.05) is 24.6 Å². The van der Waals surface area contributed by atoms with E-state index in [0.717, 1.165) is 16.1 Å². The van der Waals surface area contributed by atoms with Crippen molar-refractivity contribution in [3.05, 3.63) is 120 Å². The number of carboxylic acids is 1. The molecule has 1 aromatic heterocycles. The molecule has 0 aliphatic carbocycles. The Morgan fingerprint density at radius 2 is 1.64 bits per heavy atom. The molecule has 13 nitrogen and oxygen atoms in total. The van der Waals surface area contributed by atoms with Crippen molar-refractivity contribution in [3.8, 4) is 0 Å². The topological polar surface area (TPSA) is 179 Å². The molecule has 1 heterocycles. The number of aliphatic carboxylic acids is 1. The number of rotatable bonds is 12. The van der Waals surface area contributed by atoms with E-state index in [-0.39, 0.29) is 24.5 Å². The van der Waals surface area contributed by atoms with Crippen molar-refractivity contribution in [1.82, 2.24) is 15.6 Å². The molecule has 0 radical (unpaired) electrons. The van der Waals surface area contributed by atoms with Crippen molar-refractivity contribution in [3.63, 3.8) is 0 Å². The third-order valence-corrected chi connectivity index (χ3v) is 6.37. The Morgan fingerprint density at radius 3 is 2.34 bits per heavy atom. The van der Waals surface area contributed by atoms with E-state index in [2.05, 4.69) is 25.4 Å². The number of hydrogen-bond donors (Lipinski definition) is 4. The molecule has 0 aliphatic heterocycles. The summed E-state index contributed by atoms with van der Waals surface area (Å²) in [5, 5.41) is 18.6. The molecular weight excluding hydrogens is 588 g/mol. The van der Waals surface area contributed by atoms with Gasteiger partial charge >= 0.3 is 28.6 Å². The molecule has 3 amide bonds. The second-order valence-electron chi connectivity index (χ2n) is 9.28. The Morgan fingerprint density at radius 1 is 0.909 bits per heavy atom. The zero-order valence-corrected chi connectivity index (χ0v) is 24.0. The van der Waals surface area contributed by atoms with Gasteiger partial charge in [0.1, 0.15) is 6.61 Å². The summed E-state index contributed by atoms with van der Waals surface area (Å²) in [6.45, 7) is 0.231. The standard InChI is InChI=1S/C30H28N6O7S/c37-28(38)17-27(34-30(40)43-20-21-7-2-1-3-8-21)23-10-4-12-25(15-23)36(35-44(41)42)26-13-5-11-24(16-26)33-29(39)32-19-22-9-6-14-31-18-22/h1-16,18,27H,17,19-20H2,(H,34,40)(H,37,38)(H2,32,33,39). The van der Waals surface area contributed by atoms with E-state index in [4.69, 9.17) is 4.74 Å². The van der Waals surface area contributed by atoms with E-state index in [1.54, 1.807) is 79.1 Å². The minimum Gasteiger partial charge on any atom is -0.481 e. The summed E-state index contributed by atoms with van der Waals surface area (Å²) in [5.41, 5.74) is 2.80. The highest BCUT2D eigenvalue weighted by Crippen LogP contribution is 2.31. The second-order valence-corrected chi connectivity index (χ2v) is 9.88. The molecule has 0 fully saturated rings. The molecule has 4 N–H and O–H groups in total. The van der Waals surface area contributed by atoms with Crippen LogP contribution in [0.5, 0.6) is 0 Å². The van der Waals surface area contributed by atoms with Gasteiger partial charge in [-0.3, -0.25) is 9.78 Å². The lowest BCUT2D eigenvalue weighted by molar-refractivity contribution is -0.137. The van der Waals surface area contributed by atoms with Crippen molar-refractivity contribution >= 4 is 45.7 Å². The highest BCUT2D eigenvalue weighted by atomic mass is 32.2. The molecule has 0 spiro atoms. The molecule has 14 heteroatoms. The highest BCUT2D eigenvalue weighted by molar-refractivity contribution is 7.61. The zero-order chi connectivity index (χ0) is 31.3. The number of nitrogens with one attached hydrogen (secondary N) is 3. The van der Waals surface area contributed by atoms with Crippen LogP contribution in [0.25, 0.3) is 0 Å². The molecule has 0 aliphatic rings. The number of benzene rings is 3. The van der Waals surface area contributed by atoms with Crippen molar-refractivity contribution in [2.45, 2.75) is 25.6 Å². The van der Waals surface area contributed by atoms with Gasteiger partial charge in [0.05, 0.1) is 23.8 Å². The largest absolute Gasteiger partial charge is 0.481 e. The Kier molecular flexibility index (Phi) is 11.0. The number of urea groups is 1. The molecule has 0 saturated carbocycles. The molecule has 4 aromatic rings. The van der Waals surface area contributed by atoms with E-state index < -0.39 is 41.1 Å². The average Bonchev–Trinajstić information content (AvgIpc) is 3.02. The first-order valence-electron chi connectivity index (χ1n) is 13.2. The Balaban J connectivity index is 1.52. The molecule has 3 aromatic carbocycles. The maximum Gasteiger partial charge on any atom is 0.407 e. The fraction of sp³-hybridized carbons (Fsp3) is 0.133. The molecular formula is C30H28N6O7S. The van der Waals surface area contributed by atoms with Gasteiger partial charge in [-0.15, -0.1) is 0 Å². The van der Waals surface area contributed by atoms with Crippen LogP contribution in [0.4, 0.5) is 26.7 Å². The van der Waals surface area contributed by atoms with Crippen molar-refractivity contribution < 1.29 is 32.6 Å². The summed E-state index contributed by atoms with van der Waals surface area (Å²) in [7, 11) is -2.88. The molecule has 44 heavy (non-hydrogen) atoms. The fourth-order valence-electron chi connectivity index (χ4n) is 4.09. The van der Waals surface area contributed by atoms with Crippen LogP contribution in [0.1, 0.15) is 29.2 Å². The molecule has 226 valence electrons. The summed E-state index contributed by atoms with van der Waals surface area (Å²) in [4.78, 5) is 40.6. The van der Waals surface area contributed by atoms with Crippen LogP contribution < -0.4 is 21.0 Å². The first-order valence-corrected chi connectivity index (χ1v) is 14.2. The van der Waals surface area contributed by atoms with Gasteiger partial charge in [-0.25, -0.2) is 14.6 Å². The highest BCUT2D eigenvalue weighted by Gasteiger charge is 2.21. The van der Waals surface area contributed by atoms with Gasteiger partial charge < -0.3 is 25.8 Å². The maximum atomic E-state index is 12.5. The average molecular weight is 617 g/mol. The normalized spacial score (nSPS) is 11.0. The van der Waals surface area contributed by atoms with Crippen LogP contribution >= 0.6 is 0 Å². The van der Waals surface area contributed by atoms with Gasteiger partial charge in [-0.05, 0) is 57.6 Å². The number of anilines is 3. The first kappa shape index (κ1) is 31.2. The molecule has 1 atom stereocenters. The van der Waals surface area contributed by atoms with E-state index in [9.17, 15) is 27.9 Å². The summed E-state index contributed by atoms with van der Waals surface area (Å²) in [5.74, 6) is -1.17. The van der Waals surface area contributed by atoms with Crippen LogP contribution in [-0.4, -0.2) is 36.6 Å². The van der Waals surface area contributed by atoms with E-state index >= 15 is 0 Å². The van der Waals surface area contributed by atoms with Crippen LogP contribution in [0.2, 0.25) is 0 Å². The number of carboxylic acid groups (broad SMARTS) is 1. The number of hydrogen-bond acceptors (Lipinski definition) is 8. The van der Waals surface area contributed by atoms with Gasteiger partial charge in [0.2, 0.25) is 0 Å². The lowest BCUT2D eigenvalue weighted by Crippen LogP contribution is -2.30. The third kappa shape index (κ3) is 9.66. The predicted molar refractivity (Wildman–Crippen MR) is 161 cm³/mol. The number of alkyl carbamates (subject to hydrolysis) is 1.